The quantitative estimate of drug-likeness (QED) is 0.379. The lowest BCUT2D eigenvalue weighted by molar-refractivity contribution is -0.384. The zero-order valence-corrected chi connectivity index (χ0v) is 20.9. The molecular weight excluding hydrogens is 486 g/mol. The molecule has 2 aliphatic rings. The van der Waals surface area contributed by atoms with E-state index >= 15 is 0 Å². The van der Waals surface area contributed by atoms with Gasteiger partial charge in [-0.1, -0.05) is 55.7 Å². The van der Waals surface area contributed by atoms with Crippen molar-refractivity contribution >= 4 is 39.9 Å². The highest BCUT2D eigenvalue weighted by atomic mass is 16.6. The molecule has 1 atom stereocenters. The fourth-order valence-corrected chi connectivity index (χ4v) is 5.40. The van der Waals surface area contributed by atoms with Crippen molar-refractivity contribution in [1.82, 2.24) is 15.6 Å². The largest absolute Gasteiger partial charge is 0.358 e. The molecule has 38 heavy (non-hydrogen) atoms. The Balaban J connectivity index is 1.29. The number of Topliss-reactive ketones (excluding diaryl/α,β-unsaturated/α-hetero) is 1. The minimum atomic E-state index is -1.13. The first-order valence-electron chi connectivity index (χ1n) is 12.9. The molecule has 1 aliphatic heterocycles. The molecule has 0 radical (unpaired) electrons. The highest BCUT2D eigenvalue weighted by Crippen LogP contribution is 2.31. The molecule has 1 saturated carbocycles. The maximum Gasteiger partial charge on any atom is 0.292 e. The number of piperidine rings is 1. The van der Waals surface area contributed by atoms with Gasteiger partial charge in [0.25, 0.3) is 11.6 Å². The first-order chi connectivity index (χ1) is 18.4. The van der Waals surface area contributed by atoms with E-state index in [9.17, 15) is 24.5 Å². The molecule has 10 heteroatoms. The third kappa shape index (κ3) is 5.06. The van der Waals surface area contributed by atoms with E-state index in [0.717, 1.165) is 24.6 Å². The Morgan fingerprint density at radius 2 is 1.74 bits per heavy atom. The van der Waals surface area contributed by atoms with Crippen molar-refractivity contribution in [2.24, 2.45) is 0 Å². The van der Waals surface area contributed by atoms with E-state index in [1.165, 1.54) is 6.07 Å². The van der Waals surface area contributed by atoms with Crippen molar-refractivity contribution < 1.29 is 19.3 Å². The van der Waals surface area contributed by atoms with Crippen LogP contribution in [0, 0.1) is 10.1 Å². The second kappa shape index (κ2) is 10.6. The van der Waals surface area contributed by atoms with Gasteiger partial charge in [0.05, 0.1) is 23.0 Å². The van der Waals surface area contributed by atoms with Crippen molar-refractivity contribution in [3.63, 3.8) is 0 Å². The number of nitrogens with zero attached hydrogens (tertiary/aromatic N) is 3. The molecule has 3 aromatic rings. The first kappa shape index (κ1) is 25.3. The summed E-state index contributed by atoms with van der Waals surface area (Å²) in [4.78, 5) is 57.0. The number of fused-ring (bicyclic) bond motifs is 1. The number of anilines is 1. The number of ketones is 1. The number of nitro benzene ring substituents is 1. The zero-order chi connectivity index (χ0) is 26.7. The summed E-state index contributed by atoms with van der Waals surface area (Å²) < 4.78 is 0. The predicted molar refractivity (Wildman–Crippen MR) is 142 cm³/mol. The number of para-hydroxylation sites is 3. The van der Waals surface area contributed by atoms with Crippen LogP contribution in [0.4, 0.5) is 11.4 Å². The van der Waals surface area contributed by atoms with E-state index in [4.69, 9.17) is 0 Å². The molecule has 10 nitrogen and oxygen atoms in total. The number of carbonyl (C=O) groups is 3. The fourth-order valence-electron chi connectivity index (χ4n) is 5.40. The van der Waals surface area contributed by atoms with Crippen LogP contribution in [0.3, 0.4) is 0 Å². The Labute approximate surface area is 219 Å². The average molecular weight is 516 g/mol. The minimum Gasteiger partial charge on any atom is -0.358 e. The average Bonchev–Trinajstić information content (AvgIpc) is 2.94. The predicted octanol–water partition coefficient (Wildman–Crippen LogP) is 3.54. The molecule has 1 unspecified atom stereocenters. The van der Waals surface area contributed by atoms with Crippen LogP contribution in [0.1, 0.15) is 49.0 Å². The summed E-state index contributed by atoms with van der Waals surface area (Å²) >= 11 is 0. The second-order valence-electron chi connectivity index (χ2n) is 9.93. The van der Waals surface area contributed by atoms with Crippen molar-refractivity contribution in [2.45, 2.75) is 50.1 Å². The third-order valence-electron chi connectivity index (χ3n) is 7.47. The molecule has 1 saturated heterocycles. The van der Waals surface area contributed by atoms with Crippen molar-refractivity contribution in [3.8, 4) is 0 Å². The number of nitro groups is 1. The smallest absolute Gasteiger partial charge is 0.292 e. The Morgan fingerprint density at radius 1 is 1.00 bits per heavy atom. The maximum atomic E-state index is 13.6. The molecule has 2 amide bonds. The number of rotatable bonds is 6. The first-order valence-corrected chi connectivity index (χ1v) is 12.9. The van der Waals surface area contributed by atoms with Gasteiger partial charge in [0, 0.05) is 18.0 Å². The van der Waals surface area contributed by atoms with Gasteiger partial charge in [0.15, 0.2) is 5.78 Å². The van der Waals surface area contributed by atoms with Gasteiger partial charge < -0.3 is 15.5 Å². The van der Waals surface area contributed by atoms with Gasteiger partial charge in [0.1, 0.15) is 16.9 Å². The lowest BCUT2D eigenvalue weighted by atomic mass is 9.80. The van der Waals surface area contributed by atoms with Gasteiger partial charge in [-0.25, -0.2) is 4.98 Å². The van der Waals surface area contributed by atoms with E-state index < -0.39 is 22.4 Å². The van der Waals surface area contributed by atoms with E-state index in [2.05, 4.69) is 15.6 Å². The Kier molecular flexibility index (Phi) is 7.04. The molecule has 2 fully saturated rings. The topological polar surface area (TPSA) is 135 Å². The number of pyridine rings is 1. The number of amides is 2. The Bertz CT molecular complexity index is 1400. The molecule has 0 bridgehead atoms. The number of nitrogens with one attached hydrogen (secondary N) is 2. The second-order valence-corrected chi connectivity index (χ2v) is 9.93. The number of hydrogen-bond donors (Lipinski definition) is 2. The fraction of sp³-hybridized carbons (Fsp3) is 0.357. The molecule has 1 aromatic heterocycles. The standard InChI is InChI=1S/C28H29N5O5/c34-25-18-32(23-10-4-5-11-24(23)33(37)38)17-14-21(25)30-27(36)28(15-6-1-7-16-28)31-26(35)22-13-12-19-8-2-3-9-20(19)29-22/h2-5,8-13,21H,1,6-7,14-18H2,(H,30,36)(H,31,35). The van der Waals surface area contributed by atoms with E-state index in [0.29, 0.717) is 37.0 Å². The lowest BCUT2D eigenvalue weighted by Gasteiger charge is -2.39. The summed E-state index contributed by atoms with van der Waals surface area (Å²) in [6, 6.07) is 16.6. The van der Waals surface area contributed by atoms with Crippen LogP contribution in [0.2, 0.25) is 0 Å². The minimum absolute atomic E-state index is 0.0455. The van der Waals surface area contributed by atoms with Gasteiger partial charge in [-0.05, 0) is 37.5 Å². The molecule has 196 valence electrons. The maximum absolute atomic E-state index is 13.6. The molecule has 2 aromatic carbocycles. The summed E-state index contributed by atoms with van der Waals surface area (Å²) in [5, 5.41) is 18.2. The highest BCUT2D eigenvalue weighted by Gasteiger charge is 2.43. The third-order valence-corrected chi connectivity index (χ3v) is 7.47. The van der Waals surface area contributed by atoms with E-state index in [1.54, 1.807) is 29.2 Å². The summed E-state index contributed by atoms with van der Waals surface area (Å²) in [6.07, 6.45) is 3.79. The van der Waals surface area contributed by atoms with Gasteiger partial charge in [0.2, 0.25) is 5.91 Å². The van der Waals surface area contributed by atoms with Crippen LogP contribution in [0.25, 0.3) is 10.9 Å². The molecular formula is C28H29N5O5. The number of carbonyl (C=O) groups excluding carboxylic acids is 3. The number of benzene rings is 2. The van der Waals surface area contributed by atoms with Crippen molar-refractivity contribution in [1.29, 1.82) is 0 Å². The summed E-state index contributed by atoms with van der Waals surface area (Å²) in [7, 11) is 0. The molecule has 2 N–H and O–H groups in total. The zero-order valence-electron chi connectivity index (χ0n) is 20.9. The van der Waals surface area contributed by atoms with Crippen LogP contribution >= 0.6 is 0 Å². The normalized spacial score (nSPS) is 19.1. The monoisotopic (exact) mass is 515 g/mol. The van der Waals surface area contributed by atoms with E-state index in [1.807, 2.05) is 30.3 Å². The van der Waals surface area contributed by atoms with Crippen LogP contribution in [-0.2, 0) is 9.59 Å². The van der Waals surface area contributed by atoms with Crippen LogP contribution in [0.5, 0.6) is 0 Å². The molecule has 0 spiro atoms. The summed E-state index contributed by atoms with van der Waals surface area (Å²) in [6.45, 7) is 0.331. The highest BCUT2D eigenvalue weighted by molar-refractivity contribution is 6.01. The summed E-state index contributed by atoms with van der Waals surface area (Å²) in [5.74, 6) is -1.02. The number of aromatic nitrogens is 1. The number of hydrogen-bond acceptors (Lipinski definition) is 7. The van der Waals surface area contributed by atoms with Crippen molar-refractivity contribution in [2.75, 3.05) is 18.0 Å². The van der Waals surface area contributed by atoms with Gasteiger partial charge in [-0.3, -0.25) is 24.5 Å². The van der Waals surface area contributed by atoms with Crippen LogP contribution in [-0.4, -0.2) is 52.2 Å². The molecule has 1 aliphatic carbocycles. The van der Waals surface area contributed by atoms with Crippen LogP contribution < -0.4 is 15.5 Å². The summed E-state index contributed by atoms with van der Waals surface area (Å²) in [5.41, 5.74) is 0.121. The molecule has 5 rings (SSSR count). The Morgan fingerprint density at radius 3 is 2.50 bits per heavy atom. The van der Waals surface area contributed by atoms with E-state index in [-0.39, 0.29) is 29.6 Å². The Hall–Kier alpha value is -4.34. The lowest BCUT2D eigenvalue weighted by Crippen LogP contribution is -2.63. The van der Waals surface area contributed by atoms with Gasteiger partial charge in [-0.2, -0.15) is 0 Å². The van der Waals surface area contributed by atoms with Gasteiger partial charge >= 0.3 is 0 Å². The van der Waals surface area contributed by atoms with Gasteiger partial charge in [-0.15, -0.1) is 0 Å². The van der Waals surface area contributed by atoms with Crippen molar-refractivity contribution in [3.05, 3.63) is 76.5 Å². The van der Waals surface area contributed by atoms with Crippen LogP contribution in [0.15, 0.2) is 60.7 Å². The SMILES string of the molecule is O=C(NC1(C(=O)NC2CCN(c3ccccc3[N+](=O)[O-])CC2=O)CCCCC1)c1ccc2ccccc2n1. The molecule has 2 heterocycles.